The highest BCUT2D eigenvalue weighted by Crippen LogP contribution is 2.40. The predicted molar refractivity (Wildman–Crippen MR) is 153 cm³/mol. The lowest BCUT2D eigenvalue weighted by molar-refractivity contribution is -0.140. The second kappa shape index (κ2) is 12.2. The highest BCUT2D eigenvalue weighted by molar-refractivity contribution is 6.46. The number of carbonyl (C=O) groups excluding carboxylic acids is 2. The van der Waals surface area contributed by atoms with E-state index in [1.807, 2.05) is 43.3 Å². The zero-order valence-corrected chi connectivity index (χ0v) is 24.3. The van der Waals surface area contributed by atoms with Crippen LogP contribution in [0.4, 0.5) is 0 Å². The van der Waals surface area contributed by atoms with E-state index in [-0.39, 0.29) is 16.7 Å². The summed E-state index contributed by atoms with van der Waals surface area (Å²) in [6.45, 7) is 20.0. The summed E-state index contributed by atoms with van der Waals surface area (Å²) in [6.07, 6.45) is 0. The number of amides is 1. The van der Waals surface area contributed by atoms with Crippen molar-refractivity contribution in [3.05, 3.63) is 70.3 Å². The van der Waals surface area contributed by atoms with E-state index in [0.29, 0.717) is 31.2 Å². The first-order chi connectivity index (χ1) is 17.9. The zero-order chi connectivity index (χ0) is 28.2. The Morgan fingerprint density at radius 1 is 1.05 bits per heavy atom. The Morgan fingerprint density at radius 2 is 1.68 bits per heavy atom. The van der Waals surface area contributed by atoms with Crippen LogP contribution in [0.3, 0.4) is 0 Å². The number of ketones is 1. The van der Waals surface area contributed by atoms with Gasteiger partial charge in [-0.1, -0.05) is 72.7 Å². The van der Waals surface area contributed by atoms with E-state index in [1.54, 1.807) is 11.0 Å². The molecule has 0 aliphatic carbocycles. The predicted octanol–water partition coefficient (Wildman–Crippen LogP) is 6.09. The summed E-state index contributed by atoms with van der Waals surface area (Å²) in [7, 11) is 0. The number of hydrogen-bond donors (Lipinski definition) is 1. The van der Waals surface area contributed by atoms with Crippen LogP contribution < -0.4 is 4.74 Å². The summed E-state index contributed by atoms with van der Waals surface area (Å²) in [5.41, 5.74) is 3.43. The van der Waals surface area contributed by atoms with E-state index in [4.69, 9.17) is 4.74 Å². The number of nitrogens with zero attached hydrogens (tertiary/aromatic N) is 2. The third-order valence-corrected chi connectivity index (χ3v) is 7.20. The van der Waals surface area contributed by atoms with E-state index < -0.39 is 17.7 Å². The molecule has 3 rings (SSSR count). The first-order valence-corrected chi connectivity index (χ1v) is 13.7. The molecule has 1 aliphatic heterocycles. The average Bonchev–Trinajstić information content (AvgIpc) is 3.12. The Kier molecular flexibility index (Phi) is 9.42. The molecule has 1 heterocycles. The molecule has 1 unspecified atom stereocenters. The van der Waals surface area contributed by atoms with Crippen LogP contribution in [0, 0.1) is 12.8 Å². The van der Waals surface area contributed by atoms with Gasteiger partial charge in [-0.3, -0.25) is 9.59 Å². The van der Waals surface area contributed by atoms with E-state index in [0.717, 1.165) is 35.5 Å². The molecule has 0 bridgehead atoms. The van der Waals surface area contributed by atoms with Crippen molar-refractivity contribution in [1.82, 2.24) is 9.80 Å². The molecule has 0 radical (unpaired) electrons. The second-order valence-corrected chi connectivity index (χ2v) is 11.6. The van der Waals surface area contributed by atoms with Gasteiger partial charge in [0.15, 0.2) is 0 Å². The summed E-state index contributed by atoms with van der Waals surface area (Å²) in [5, 5.41) is 11.5. The van der Waals surface area contributed by atoms with Crippen molar-refractivity contribution in [2.24, 2.45) is 5.92 Å². The normalized spacial score (nSPS) is 17.6. The number of carbonyl (C=O) groups is 2. The summed E-state index contributed by atoms with van der Waals surface area (Å²) >= 11 is 0. The Balaban J connectivity index is 2.08. The van der Waals surface area contributed by atoms with Crippen molar-refractivity contribution in [3.8, 4) is 5.75 Å². The van der Waals surface area contributed by atoms with E-state index in [1.165, 1.54) is 0 Å². The molecular weight excluding hydrogens is 476 g/mol. The Labute approximate surface area is 228 Å². The van der Waals surface area contributed by atoms with Crippen LogP contribution in [-0.4, -0.2) is 59.4 Å². The maximum absolute atomic E-state index is 13.4. The molecule has 1 fully saturated rings. The number of aryl methyl sites for hydroxylation is 1. The van der Waals surface area contributed by atoms with E-state index >= 15 is 0 Å². The van der Waals surface area contributed by atoms with E-state index in [9.17, 15) is 14.7 Å². The SMILES string of the molecule is CCN(CC)CCN1C(=O)C(=O)/C(=C(\O)c2ccc(OCC(C)C)c(C)c2)C1c1ccc(C(C)(C)C)cc1. The lowest BCUT2D eigenvalue weighted by Gasteiger charge is -2.28. The Bertz CT molecular complexity index is 1170. The first kappa shape index (κ1) is 29.4. The van der Waals surface area contributed by atoms with Crippen LogP contribution in [0.5, 0.6) is 5.75 Å². The molecule has 6 nitrogen and oxygen atoms in total. The Morgan fingerprint density at radius 3 is 2.21 bits per heavy atom. The number of likely N-dealkylation sites (tertiary alicyclic amines) is 1. The van der Waals surface area contributed by atoms with Crippen LogP contribution >= 0.6 is 0 Å². The molecule has 0 spiro atoms. The summed E-state index contributed by atoms with van der Waals surface area (Å²) in [5.74, 6) is -0.247. The van der Waals surface area contributed by atoms with Gasteiger partial charge in [-0.15, -0.1) is 0 Å². The number of Topliss-reactive ketones (excluding diaryl/α,β-unsaturated/α-hetero) is 1. The largest absolute Gasteiger partial charge is 0.507 e. The van der Waals surface area contributed by atoms with Crippen LogP contribution in [0.15, 0.2) is 48.0 Å². The van der Waals surface area contributed by atoms with Gasteiger partial charge in [-0.05, 0) is 66.2 Å². The first-order valence-electron chi connectivity index (χ1n) is 13.7. The molecule has 2 aromatic carbocycles. The van der Waals surface area contributed by atoms with Gasteiger partial charge < -0.3 is 19.6 Å². The number of hydrogen-bond acceptors (Lipinski definition) is 5. The van der Waals surface area contributed by atoms with Crippen LogP contribution in [0.1, 0.15) is 76.8 Å². The van der Waals surface area contributed by atoms with Crippen molar-refractivity contribution < 1.29 is 19.4 Å². The van der Waals surface area contributed by atoms with Crippen molar-refractivity contribution in [1.29, 1.82) is 0 Å². The van der Waals surface area contributed by atoms with Crippen LogP contribution in [-0.2, 0) is 15.0 Å². The molecule has 1 aliphatic rings. The third-order valence-electron chi connectivity index (χ3n) is 7.20. The standard InChI is InChI=1S/C32H44N2O4/c1-9-33(10-2)17-18-34-28(23-11-14-25(15-12-23)32(6,7)8)27(30(36)31(34)37)29(35)24-13-16-26(22(5)19-24)38-20-21(3)4/h11-16,19,21,28,35H,9-10,17-18,20H2,1-8H3/b29-27-. The molecule has 206 valence electrons. The quantitative estimate of drug-likeness (QED) is 0.233. The number of aliphatic hydroxyl groups excluding tert-OH is 1. The number of rotatable bonds is 10. The number of aliphatic hydroxyl groups is 1. The fourth-order valence-electron chi connectivity index (χ4n) is 4.78. The molecule has 0 aromatic heterocycles. The molecule has 1 N–H and O–H groups in total. The second-order valence-electron chi connectivity index (χ2n) is 11.6. The maximum Gasteiger partial charge on any atom is 0.295 e. The van der Waals surface area contributed by atoms with Gasteiger partial charge in [-0.25, -0.2) is 0 Å². The minimum Gasteiger partial charge on any atom is -0.507 e. The molecule has 1 atom stereocenters. The van der Waals surface area contributed by atoms with Gasteiger partial charge in [0.1, 0.15) is 11.5 Å². The summed E-state index contributed by atoms with van der Waals surface area (Å²) in [4.78, 5) is 30.6. The fourth-order valence-corrected chi connectivity index (χ4v) is 4.78. The highest BCUT2D eigenvalue weighted by atomic mass is 16.5. The van der Waals surface area contributed by atoms with Crippen molar-refractivity contribution in [2.45, 2.75) is 66.8 Å². The fraction of sp³-hybridized carbons (Fsp3) is 0.500. The molecular formula is C32H44N2O4. The molecule has 38 heavy (non-hydrogen) atoms. The third kappa shape index (κ3) is 6.47. The summed E-state index contributed by atoms with van der Waals surface area (Å²) < 4.78 is 5.89. The van der Waals surface area contributed by atoms with E-state index in [2.05, 4.69) is 53.4 Å². The average molecular weight is 521 g/mol. The topological polar surface area (TPSA) is 70.1 Å². The monoisotopic (exact) mass is 520 g/mol. The van der Waals surface area contributed by atoms with Gasteiger partial charge in [0.25, 0.3) is 11.7 Å². The lowest BCUT2D eigenvalue weighted by atomic mass is 9.85. The van der Waals surface area contributed by atoms with Crippen molar-refractivity contribution in [2.75, 3.05) is 32.8 Å². The molecule has 1 saturated heterocycles. The van der Waals surface area contributed by atoms with Gasteiger partial charge in [0.05, 0.1) is 18.2 Å². The maximum atomic E-state index is 13.4. The summed E-state index contributed by atoms with van der Waals surface area (Å²) in [6, 6.07) is 12.8. The minimum absolute atomic E-state index is 0.0278. The van der Waals surface area contributed by atoms with Crippen LogP contribution in [0.2, 0.25) is 0 Å². The molecule has 0 saturated carbocycles. The molecule has 6 heteroatoms. The minimum atomic E-state index is -0.656. The van der Waals surface area contributed by atoms with Gasteiger partial charge in [-0.2, -0.15) is 0 Å². The Hall–Kier alpha value is -3.12. The lowest BCUT2D eigenvalue weighted by Crippen LogP contribution is -2.38. The molecule has 1 amide bonds. The van der Waals surface area contributed by atoms with Crippen molar-refractivity contribution >= 4 is 17.4 Å². The van der Waals surface area contributed by atoms with Crippen LogP contribution in [0.25, 0.3) is 5.76 Å². The smallest absolute Gasteiger partial charge is 0.295 e. The number of ether oxygens (including phenoxy) is 1. The van der Waals surface area contributed by atoms with Gasteiger partial charge in [0, 0.05) is 18.7 Å². The number of benzene rings is 2. The van der Waals surface area contributed by atoms with Gasteiger partial charge >= 0.3 is 0 Å². The van der Waals surface area contributed by atoms with Gasteiger partial charge in [0.2, 0.25) is 0 Å². The zero-order valence-electron chi connectivity index (χ0n) is 24.3. The molecule has 2 aromatic rings. The number of likely N-dealkylation sites (N-methyl/N-ethyl adjacent to an activating group) is 1. The highest BCUT2D eigenvalue weighted by Gasteiger charge is 2.46. The van der Waals surface area contributed by atoms with Crippen molar-refractivity contribution in [3.63, 3.8) is 0 Å².